The van der Waals surface area contributed by atoms with Crippen molar-refractivity contribution in [3.63, 3.8) is 0 Å². The van der Waals surface area contributed by atoms with Gasteiger partial charge in [0.05, 0.1) is 5.69 Å². The van der Waals surface area contributed by atoms with Crippen molar-refractivity contribution >= 4 is 22.4 Å². The summed E-state index contributed by atoms with van der Waals surface area (Å²) in [4.78, 5) is 13.2. The topological polar surface area (TPSA) is 40.5 Å². The summed E-state index contributed by atoms with van der Waals surface area (Å²) in [5, 5.41) is 11.9. The van der Waals surface area contributed by atoms with Crippen LogP contribution in [0.1, 0.15) is 12.5 Å². The first-order chi connectivity index (χ1) is 8.18. The third-order valence-corrected chi connectivity index (χ3v) is 3.37. The minimum absolute atomic E-state index is 0.0263. The minimum Gasteiger partial charge on any atom is -0.507 e. The molecule has 86 valence electrons. The summed E-state index contributed by atoms with van der Waals surface area (Å²) in [6.07, 6.45) is 0.857. The molecule has 1 aliphatic rings. The van der Waals surface area contributed by atoms with Crippen molar-refractivity contribution in [1.82, 2.24) is 0 Å². The van der Waals surface area contributed by atoms with E-state index in [-0.39, 0.29) is 11.7 Å². The lowest BCUT2D eigenvalue weighted by molar-refractivity contribution is -0.116. The molecule has 2 aromatic carbocycles. The van der Waals surface area contributed by atoms with Gasteiger partial charge in [-0.25, -0.2) is 0 Å². The monoisotopic (exact) mass is 227 g/mol. The number of phenols is 1. The molecule has 3 nitrogen and oxygen atoms in total. The van der Waals surface area contributed by atoms with Crippen molar-refractivity contribution in [1.29, 1.82) is 0 Å². The largest absolute Gasteiger partial charge is 0.507 e. The smallest absolute Gasteiger partial charge is 0.223 e. The third-order valence-electron chi connectivity index (χ3n) is 3.37. The molecule has 0 atom stereocenters. The fourth-order valence-corrected chi connectivity index (χ4v) is 2.58. The molecule has 1 amide bonds. The van der Waals surface area contributed by atoms with Crippen molar-refractivity contribution < 1.29 is 9.90 Å². The highest BCUT2D eigenvalue weighted by molar-refractivity contribution is 6.02. The zero-order chi connectivity index (χ0) is 12.0. The first-order valence-electron chi connectivity index (χ1n) is 5.70. The first kappa shape index (κ1) is 10.1. The van der Waals surface area contributed by atoms with Gasteiger partial charge >= 0.3 is 0 Å². The fraction of sp³-hybridized carbons (Fsp3) is 0.214. The summed E-state index contributed by atoms with van der Waals surface area (Å²) in [5.74, 6) is 0.269. The lowest BCUT2D eigenvalue weighted by atomic mass is 10.0. The Labute approximate surface area is 99.3 Å². The first-order valence-corrected chi connectivity index (χ1v) is 5.70. The van der Waals surface area contributed by atoms with Gasteiger partial charge in [-0.1, -0.05) is 24.3 Å². The number of nitrogens with zero attached hydrogens (tertiary/aromatic N) is 1. The van der Waals surface area contributed by atoms with E-state index in [4.69, 9.17) is 0 Å². The van der Waals surface area contributed by atoms with E-state index >= 15 is 0 Å². The van der Waals surface area contributed by atoms with Crippen LogP contribution in [0.4, 0.5) is 5.69 Å². The van der Waals surface area contributed by atoms with Crippen molar-refractivity contribution in [2.24, 2.45) is 0 Å². The summed E-state index contributed by atoms with van der Waals surface area (Å²) < 4.78 is 0. The number of aromatic hydroxyl groups is 1. The molecule has 0 radical (unpaired) electrons. The van der Waals surface area contributed by atoms with Crippen LogP contribution in [0.25, 0.3) is 10.8 Å². The average Bonchev–Trinajstić information content (AvgIpc) is 2.73. The van der Waals surface area contributed by atoms with Crippen LogP contribution >= 0.6 is 0 Å². The number of fused-ring (bicyclic) bond motifs is 3. The lowest BCUT2D eigenvalue weighted by Gasteiger charge is -2.15. The summed E-state index contributed by atoms with van der Waals surface area (Å²) >= 11 is 0. The van der Waals surface area contributed by atoms with Crippen LogP contribution in [-0.4, -0.2) is 17.6 Å². The molecule has 0 spiro atoms. The van der Waals surface area contributed by atoms with Gasteiger partial charge in [0, 0.05) is 24.9 Å². The second-order valence-corrected chi connectivity index (χ2v) is 4.36. The molecule has 3 heteroatoms. The molecule has 0 aromatic heterocycles. The Hall–Kier alpha value is -2.03. The van der Waals surface area contributed by atoms with E-state index in [1.807, 2.05) is 24.3 Å². The molecule has 0 unspecified atom stereocenters. The highest BCUT2D eigenvalue weighted by Crippen LogP contribution is 2.39. The van der Waals surface area contributed by atoms with Crippen molar-refractivity contribution in [3.8, 4) is 5.75 Å². The number of hydrogen-bond donors (Lipinski definition) is 1. The molecule has 1 N–H and O–H groups in total. The molecule has 17 heavy (non-hydrogen) atoms. The zero-order valence-electron chi connectivity index (χ0n) is 9.60. The van der Waals surface area contributed by atoms with E-state index < -0.39 is 0 Å². The van der Waals surface area contributed by atoms with Gasteiger partial charge in [-0.2, -0.15) is 0 Å². The molecule has 0 aliphatic carbocycles. The molecular formula is C14H13NO2. The van der Waals surface area contributed by atoms with E-state index in [0.29, 0.717) is 6.54 Å². The van der Waals surface area contributed by atoms with E-state index in [1.165, 1.54) is 0 Å². The Bertz CT molecular complexity index is 619. The number of phenolic OH excluding ortho intramolecular Hbond substituents is 1. The van der Waals surface area contributed by atoms with Gasteiger partial charge in [0.1, 0.15) is 5.75 Å². The summed E-state index contributed by atoms with van der Waals surface area (Å²) in [5.41, 5.74) is 2.02. The summed E-state index contributed by atoms with van der Waals surface area (Å²) in [6.45, 7) is 2.26. The summed E-state index contributed by atoms with van der Waals surface area (Å²) in [7, 11) is 0. The average molecular weight is 227 g/mol. The lowest BCUT2D eigenvalue weighted by Crippen LogP contribution is -2.25. The number of amides is 1. The molecule has 0 saturated carbocycles. The fourth-order valence-electron chi connectivity index (χ4n) is 2.58. The van der Waals surface area contributed by atoms with E-state index in [0.717, 1.165) is 28.4 Å². The quantitative estimate of drug-likeness (QED) is 0.751. The van der Waals surface area contributed by atoms with Crippen LogP contribution in [0.3, 0.4) is 0 Å². The number of carbonyl (C=O) groups is 1. The molecule has 2 aromatic rings. The maximum atomic E-state index is 11.5. The van der Waals surface area contributed by atoms with Gasteiger partial charge in [0.15, 0.2) is 0 Å². The van der Waals surface area contributed by atoms with Gasteiger partial charge in [-0.3, -0.25) is 4.79 Å². The maximum absolute atomic E-state index is 11.5. The number of benzene rings is 2. The van der Waals surface area contributed by atoms with Crippen molar-refractivity contribution in [2.45, 2.75) is 13.3 Å². The van der Waals surface area contributed by atoms with Gasteiger partial charge in [0.2, 0.25) is 5.91 Å². The Kier molecular flexibility index (Phi) is 2.08. The van der Waals surface area contributed by atoms with Crippen LogP contribution in [0.15, 0.2) is 30.3 Å². The molecular weight excluding hydrogens is 214 g/mol. The zero-order valence-corrected chi connectivity index (χ0v) is 9.60. The molecule has 0 fully saturated rings. The van der Waals surface area contributed by atoms with Crippen LogP contribution in [-0.2, 0) is 11.2 Å². The summed E-state index contributed by atoms with van der Waals surface area (Å²) in [6, 6.07) is 9.47. The van der Waals surface area contributed by atoms with E-state index in [9.17, 15) is 9.90 Å². The SMILES string of the molecule is CC(=O)N1CCc2c1cc(O)c1ccccc21. The van der Waals surface area contributed by atoms with Crippen LogP contribution in [0, 0.1) is 0 Å². The standard InChI is InChI=1S/C14H13NO2/c1-9(16)15-7-6-11-10-4-2-3-5-12(10)14(17)8-13(11)15/h2-5,8,17H,6-7H2,1H3. The normalized spacial score (nSPS) is 14.1. The maximum Gasteiger partial charge on any atom is 0.223 e. The second-order valence-electron chi connectivity index (χ2n) is 4.36. The Morgan fingerprint density at radius 1 is 1.29 bits per heavy atom. The Balaban J connectivity index is 2.33. The number of anilines is 1. The van der Waals surface area contributed by atoms with Gasteiger partial charge in [0.25, 0.3) is 0 Å². The van der Waals surface area contributed by atoms with Crippen LogP contribution < -0.4 is 4.90 Å². The molecule has 3 rings (SSSR count). The molecule has 0 bridgehead atoms. The van der Waals surface area contributed by atoms with E-state index in [1.54, 1.807) is 17.9 Å². The van der Waals surface area contributed by atoms with Gasteiger partial charge in [-0.15, -0.1) is 0 Å². The predicted molar refractivity (Wildman–Crippen MR) is 67.3 cm³/mol. The van der Waals surface area contributed by atoms with Crippen molar-refractivity contribution in [3.05, 3.63) is 35.9 Å². The van der Waals surface area contributed by atoms with Crippen LogP contribution in [0.5, 0.6) is 5.75 Å². The number of hydrogen-bond acceptors (Lipinski definition) is 2. The molecule has 1 heterocycles. The van der Waals surface area contributed by atoms with Gasteiger partial charge < -0.3 is 10.0 Å². The van der Waals surface area contributed by atoms with Gasteiger partial charge in [-0.05, 0) is 17.4 Å². The molecule has 0 saturated heterocycles. The highest BCUT2D eigenvalue weighted by Gasteiger charge is 2.25. The number of carbonyl (C=O) groups excluding carboxylic acids is 1. The predicted octanol–water partition coefficient (Wildman–Crippen LogP) is 2.45. The minimum atomic E-state index is 0.0263. The Morgan fingerprint density at radius 3 is 2.71 bits per heavy atom. The second kappa shape index (κ2) is 3.48. The van der Waals surface area contributed by atoms with Crippen LogP contribution in [0.2, 0.25) is 0 Å². The highest BCUT2D eigenvalue weighted by atomic mass is 16.3. The number of rotatable bonds is 0. The van der Waals surface area contributed by atoms with Crippen molar-refractivity contribution in [2.75, 3.05) is 11.4 Å². The molecule has 1 aliphatic heterocycles. The van der Waals surface area contributed by atoms with E-state index in [2.05, 4.69) is 0 Å². The Morgan fingerprint density at radius 2 is 2.00 bits per heavy atom. The third kappa shape index (κ3) is 1.39.